The molecule has 0 aliphatic rings. The van der Waals surface area contributed by atoms with Gasteiger partial charge in [-0.05, 0) is 31.2 Å². The van der Waals surface area contributed by atoms with Crippen molar-refractivity contribution in [2.75, 3.05) is 19.1 Å². The lowest BCUT2D eigenvalue weighted by Gasteiger charge is -2.23. The molecule has 1 aromatic heterocycles. The molecule has 0 atom stereocenters. The summed E-state index contributed by atoms with van der Waals surface area (Å²) in [5.41, 5.74) is 2.01. The maximum Gasteiger partial charge on any atom is 0.138 e. The van der Waals surface area contributed by atoms with E-state index in [0.717, 1.165) is 28.5 Å². The number of furan rings is 1. The molecule has 112 valence electrons. The van der Waals surface area contributed by atoms with Crippen LogP contribution in [0.3, 0.4) is 0 Å². The van der Waals surface area contributed by atoms with Crippen molar-refractivity contribution in [3.05, 3.63) is 53.1 Å². The van der Waals surface area contributed by atoms with Crippen LogP contribution in [0.25, 0.3) is 0 Å². The second kappa shape index (κ2) is 6.96. The largest absolute Gasteiger partial charge is 0.495 e. The zero-order valence-corrected chi connectivity index (χ0v) is 13.9. The zero-order chi connectivity index (χ0) is 15.4. The number of methoxy groups -OCH3 is 1. The van der Waals surface area contributed by atoms with Crippen LogP contribution >= 0.6 is 24.2 Å². The number of rotatable bonds is 5. The molecule has 0 radical (unpaired) electrons. The summed E-state index contributed by atoms with van der Waals surface area (Å²) < 4.78 is 10.5. The summed E-state index contributed by atoms with van der Waals surface area (Å²) in [6, 6.07) is 7.51. The lowest BCUT2D eigenvalue weighted by atomic mass is 10.2. The van der Waals surface area contributed by atoms with Gasteiger partial charge < -0.3 is 14.1 Å². The molecular formula is C16H18ClNO2S. The predicted octanol–water partition coefficient (Wildman–Crippen LogP) is 4.81. The van der Waals surface area contributed by atoms with E-state index in [2.05, 4.69) is 18.7 Å². The van der Waals surface area contributed by atoms with Gasteiger partial charge >= 0.3 is 0 Å². The number of halogens is 1. The van der Waals surface area contributed by atoms with Crippen LogP contribution in [-0.2, 0) is 6.42 Å². The summed E-state index contributed by atoms with van der Waals surface area (Å²) in [4.78, 5) is 2.85. The monoisotopic (exact) mass is 323 g/mol. The van der Waals surface area contributed by atoms with E-state index in [9.17, 15) is 0 Å². The first-order valence-electron chi connectivity index (χ1n) is 6.52. The molecule has 0 aliphatic carbocycles. The van der Waals surface area contributed by atoms with Gasteiger partial charge in [-0.1, -0.05) is 17.7 Å². The fourth-order valence-electron chi connectivity index (χ4n) is 1.96. The van der Waals surface area contributed by atoms with Crippen LogP contribution in [-0.4, -0.2) is 14.2 Å². The molecular weight excluding hydrogens is 306 g/mol. The number of thiol groups is 1. The van der Waals surface area contributed by atoms with Gasteiger partial charge in [-0.15, -0.1) is 12.6 Å². The number of hydrogen-bond acceptors (Lipinski definition) is 4. The lowest BCUT2D eigenvalue weighted by molar-refractivity contribution is 0.414. The molecule has 1 heterocycles. The Morgan fingerprint density at radius 2 is 2.24 bits per heavy atom. The third-order valence-electron chi connectivity index (χ3n) is 3.32. The summed E-state index contributed by atoms with van der Waals surface area (Å²) >= 11 is 10.7. The highest BCUT2D eigenvalue weighted by Crippen LogP contribution is 2.35. The second-order valence-electron chi connectivity index (χ2n) is 4.66. The third-order valence-corrected chi connectivity index (χ3v) is 3.97. The highest BCUT2D eigenvalue weighted by molar-refractivity contribution is 7.80. The molecule has 0 fully saturated rings. The van der Waals surface area contributed by atoms with E-state index in [1.165, 1.54) is 0 Å². The van der Waals surface area contributed by atoms with E-state index in [-0.39, 0.29) is 0 Å². The number of ether oxygens (including phenoxy) is 1. The van der Waals surface area contributed by atoms with E-state index in [0.29, 0.717) is 10.8 Å². The van der Waals surface area contributed by atoms with E-state index in [1.807, 2.05) is 43.1 Å². The molecule has 0 aliphatic heterocycles. The maximum atomic E-state index is 6.19. The van der Waals surface area contributed by atoms with Gasteiger partial charge in [0, 0.05) is 24.1 Å². The summed E-state index contributed by atoms with van der Waals surface area (Å²) in [5, 5.41) is 0.566. The molecule has 21 heavy (non-hydrogen) atoms. The first kappa shape index (κ1) is 15.9. The maximum absolute atomic E-state index is 6.19. The molecule has 1 aromatic carbocycles. The first-order chi connectivity index (χ1) is 10.0. The number of hydrogen-bond donors (Lipinski definition) is 1. The van der Waals surface area contributed by atoms with Crippen LogP contribution in [0.15, 0.2) is 51.6 Å². The fourth-order valence-corrected chi connectivity index (χ4v) is 2.53. The van der Waals surface area contributed by atoms with Crippen molar-refractivity contribution in [2.24, 2.45) is 0 Å². The van der Waals surface area contributed by atoms with Gasteiger partial charge in [0.05, 0.1) is 24.1 Å². The normalized spacial score (nSPS) is 11.6. The van der Waals surface area contributed by atoms with Crippen LogP contribution in [0.1, 0.15) is 12.7 Å². The lowest BCUT2D eigenvalue weighted by Crippen LogP contribution is -2.15. The number of benzene rings is 1. The molecule has 5 heteroatoms. The second-order valence-corrected chi connectivity index (χ2v) is 5.55. The standard InChI is InChI=1S/C16H18ClNO2S/c1-11(6-7-12-5-4-8-20-12)18(2)14-9-13(17)15(19-3)10-16(14)21/h4-6,8-10,21H,7H2,1-3H3. The van der Waals surface area contributed by atoms with E-state index >= 15 is 0 Å². The molecule has 0 N–H and O–H groups in total. The van der Waals surface area contributed by atoms with Crippen LogP contribution in [0.4, 0.5) is 5.69 Å². The molecule has 0 saturated carbocycles. The van der Waals surface area contributed by atoms with Gasteiger partial charge in [-0.25, -0.2) is 0 Å². The Kier molecular flexibility index (Phi) is 5.26. The minimum absolute atomic E-state index is 0.566. The van der Waals surface area contributed by atoms with Crippen LogP contribution in [0, 0.1) is 0 Å². The summed E-state index contributed by atoms with van der Waals surface area (Å²) in [6.45, 7) is 2.04. The summed E-state index contributed by atoms with van der Waals surface area (Å²) in [5.74, 6) is 1.55. The molecule has 0 bridgehead atoms. The van der Waals surface area contributed by atoms with Crippen molar-refractivity contribution >= 4 is 29.9 Å². The molecule has 0 amide bonds. The van der Waals surface area contributed by atoms with Crippen molar-refractivity contribution in [3.8, 4) is 5.75 Å². The molecule has 3 nitrogen and oxygen atoms in total. The van der Waals surface area contributed by atoms with Crippen LogP contribution < -0.4 is 9.64 Å². The van der Waals surface area contributed by atoms with Crippen LogP contribution in [0.5, 0.6) is 5.75 Å². The average Bonchev–Trinajstić information content (AvgIpc) is 2.99. The number of allylic oxidation sites excluding steroid dienone is 2. The van der Waals surface area contributed by atoms with E-state index < -0.39 is 0 Å². The topological polar surface area (TPSA) is 25.6 Å². The van der Waals surface area contributed by atoms with Crippen molar-refractivity contribution < 1.29 is 9.15 Å². The first-order valence-corrected chi connectivity index (χ1v) is 7.34. The zero-order valence-electron chi connectivity index (χ0n) is 12.3. The van der Waals surface area contributed by atoms with Crippen molar-refractivity contribution in [1.29, 1.82) is 0 Å². The van der Waals surface area contributed by atoms with Gasteiger partial charge in [0.25, 0.3) is 0 Å². The van der Waals surface area contributed by atoms with Gasteiger partial charge in [0.1, 0.15) is 11.5 Å². The van der Waals surface area contributed by atoms with E-state index in [1.54, 1.807) is 13.4 Å². The molecule has 2 rings (SSSR count). The van der Waals surface area contributed by atoms with Gasteiger partial charge in [-0.3, -0.25) is 0 Å². The van der Waals surface area contributed by atoms with Crippen LogP contribution in [0.2, 0.25) is 5.02 Å². The molecule has 2 aromatic rings. The smallest absolute Gasteiger partial charge is 0.138 e. The fraction of sp³-hybridized carbons (Fsp3) is 0.250. The minimum Gasteiger partial charge on any atom is -0.495 e. The van der Waals surface area contributed by atoms with E-state index in [4.69, 9.17) is 20.8 Å². The SMILES string of the molecule is COc1cc(S)c(N(C)C(C)=CCc2ccco2)cc1Cl. The summed E-state index contributed by atoms with van der Waals surface area (Å²) in [7, 11) is 3.57. The number of nitrogens with zero attached hydrogens (tertiary/aromatic N) is 1. The Bertz CT molecular complexity index is 638. The Morgan fingerprint density at radius 1 is 1.48 bits per heavy atom. The Hall–Kier alpha value is -1.52. The average molecular weight is 324 g/mol. The quantitative estimate of drug-likeness (QED) is 0.799. The highest BCUT2D eigenvalue weighted by atomic mass is 35.5. The van der Waals surface area contributed by atoms with Crippen molar-refractivity contribution in [2.45, 2.75) is 18.2 Å². The van der Waals surface area contributed by atoms with Crippen molar-refractivity contribution in [1.82, 2.24) is 0 Å². The number of anilines is 1. The molecule has 0 unspecified atom stereocenters. The summed E-state index contributed by atoms with van der Waals surface area (Å²) in [6.07, 6.45) is 4.52. The predicted molar refractivity (Wildman–Crippen MR) is 89.8 cm³/mol. The van der Waals surface area contributed by atoms with Gasteiger partial charge in [0.15, 0.2) is 0 Å². The highest BCUT2D eigenvalue weighted by Gasteiger charge is 2.11. The van der Waals surface area contributed by atoms with Gasteiger partial charge in [0.2, 0.25) is 0 Å². The minimum atomic E-state index is 0.566. The Morgan fingerprint density at radius 3 is 2.86 bits per heavy atom. The van der Waals surface area contributed by atoms with Crippen molar-refractivity contribution in [3.63, 3.8) is 0 Å². The third kappa shape index (κ3) is 3.77. The Balaban J connectivity index is 2.20. The molecule has 0 saturated heterocycles. The molecule has 0 spiro atoms. The Labute approximate surface area is 135 Å². The van der Waals surface area contributed by atoms with Gasteiger partial charge in [-0.2, -0.15) is 0 Å².